The van der Waals surface area contributed by atoms with E-state index in [1.165, 1.54) is 0 Å². The summed E-state index contributed by atoms with van der Waals surface area (Å²) >= 11 is 0. The molecule has 46 valence electrons. The number of ether oxygens (including phenoxy) is 1. The Morgan fingerprint density at radius 2 is 2.50 bits per heavy atom. The Kier molecular flexibility index (Phi) is 4.16. The fraction of sp³-hybridized carbons (Fsp3) is 0.500. The van der Waals surface area contributed by atoms with E-state index in [9.17, 15) is 0 Å². The summed E-state index contributed by atoms with van der Waals surface area (Å²) in [6.45, 7) is 5.65. The minimum Gasteiger partial charge on any atom is -0.512 e. The minimum absolute atomic E-state index is 0.162. The largest absolute Gasteiger partial charge is 0.512 e. The number of rotatable bonds is 4. The van der Waals surface area contributed by atoms with Crippen LogP contribution in [0.15, 0.2) is 12.5 Å². The van der Waals surface area contributed by atoms with Crippen molar-refractivity contribution < 1.29 is 14.4 Å². The van der Waals surface area contributed by atoms with E-state index < -0.39 is 0 Å². The molecule has 0 saturated carbocycles. The highest BCUT2D eigenvalue weighted by Gasteiger charge is 1.89. The predicted octanol–water partition coefficient (Wildman–Crippen LogP) is -0.231. The van der Waals surface area contributed by atoms with Gasteiger partial charge in [0.05, 0.1) is 6.61 Å². The first-order valence-corrected chi connectivity index (χ1v) is 2.36. The summed E-state index contributed by atoms with van der Waals surface area (Å²) in [6.07, 6.45) is 0. The summed E-state index contributed by atoms with van der Waals surface area (Å²) in [5, 5.41) is 8.10. The van der Waals surface area contributed by atoms with Gasteiger partial charge in [0.1, 0.15) is 0 Å². The van der Waals surface area contributed by atoms with Gasteiger partial charge in [0.2, 0.25) is 0 Å². The fourth-order valence-corrected chi connectivity index (χ4v) is 0.275. The molecule has 0 unspecified atom stereocenters. The molecule has 0 rings (SSSR count). The van der Waals surface area contributed by atoms with Gasteiger partial charge in [-0.25, -0.2) is 0 Å². The van der Waals surface area contributed by atoms with Crippen LogP contribution in [0.25, 0.3) is 0 Å². The van der Waals surface area contributed by atoms with Crippen LogP contribution < -0.4 is 0 Å². The lowest BCUT2D eigenvalue weighted by atomic mass is 10.4. The van der Waals surface area contributed by atoms with Gasteiger partial charge in [-0.2, -0.15) is 0 Å². The normalized spacial score (nSPS) is 7.75. The fourth-order valence-electron chi connectivity index (χ4n) is 0.275. The van der Waals surface area contributed by atoms with E-state index in [2.05, 4.69) is 11.2 Å². The van der Waals surface area contributed by atoms with E-state index in [0.717, 1.165) is 0 Å². The Morgan fingerprint density at radius 1 is 1.88 bits per heavy atom. The smallest absolute Gasteiger partial charge is 0.506 e. The summed E-state index contributed by atoms with van der Waals surface area (Å²) in [5.74, 6) is 0.162. The van der Waals surface area contributed by atoms with Gasteiger partial charge in [-0.15, -0.1) is 0 Å². The Hall–Kier alpha value is -0.635. The van der Waals surface area contributed by atoms with Gasteiger partial charge < -0.3 is 14.4 Å². The molecule has 0 saturated heterocycles. The van der Waals surface area contributed by atoms with Crippen molar-refractivity contribution in [3.63, 3.8) is 0 Å². The topological polar surface area (TPSA) is 38.7 Å². The van der Waals surface area contributed by atoms with E-state index in [1.807, 2.05) is 6.92 Å². The second kappa shape index (κ2) is 4.52. The highest BCUT2D eigenvalue weighted by Crippen LogP contribution is 1.91. The van der Waals surface area contributed by atoms with Crippen LogP contribution in [-0.4, -0.2) is 19.3 Å². The van der Waals surface area contributed by atoms with Crippen LogP contribution >= 0.6 is 0 Å². The van der Waals surface area contributed by atoms with Gasteiger partial charge in [0.15, 0.2) is 0 Å². The first-order chi connectivity index (χ1) is 3.81. The minimum atomic E-state index is -0.376. The lowest BCUT2D eigenvalue weighted by molar-refractivity contribution is 0.111. The van der Waals surface area contributed by atoms with Crippen molar-refractivity contribution in [1.29, 1.82) is 0 Å². The molecule has 0 fully saturated rings. The molecule has 0 heterocycles. The van der Waals surface area contributed by atoms with Crippen molar-refractivity contribution in [1.82, 2.24) is 0 Å². The van der Waals surface area contributed by atoms with Gasteiger partial charge in [-0.05, 0) is 13.5 Å². The Labute approximate surface area is 49.2 Å². The molecule has 4 heteroatoms. The molecular formula is C4H9BO3. The standard InChI is InChI=1S/C4H9BO3/c1-3-7-4(2)8-5-6/h5-6H,2-3H2,1H3. The first-order valence-electron chi connectivity index (χ1n) is 2.36. The van der Waals surface area contributed by atoms with Gasteiger partial charge in [-0.1, -0.05) is 0 Å². The van der Waals surface area contributed by atoms with Gasteiger partial charge in [-0.3, -0.25) is 0 Å². The van der Waals surface area contributed by atoms with Gasteiger partial charge >= 0.3 is 7.69 Å². The molecule has 3 nitrogen and oxygen atoms in total. The van der Waals surface area contributed by atoms with Gasteiger partial charge in [0, 0.05) is 0 Å². The van der Waals surface area contributed by atoms with Crippen LogP contribution in [0.5, 0.6) is 0 Å². The third kappa shape index (κ3) is 3.55. The average molecular weight is 116 g/mol. The molecule has 8 heavy (non-hydrogen) atoms. The Bertz CT molecular complexity index is 65.7. The van der Waals surface area contributed by atoms with Crippen molar-refractivity contribution in [3.05, 3.63) is 12.5 Å². The average Bonchev–Trinajstić information content (AvgIpc) is 1.68. The molecule has 0 spiro atoms. The quantitative estimate of drug-likeness (QED) is 0.407. The third-order valence-corrected chi connectivity index (χ3v) is 0.531. The van der Waals surface area contributed by atoms with E-state index in [4.69, 9.17) is 9.76 Å². The van der Waals surface area contributed by atoms with Crippen LogP contribution in [0.3, 0.4) is 0 Å². The lowest BCUT2D eigenvalue weighted by Gasteiger charge is -2.04. The van der Waals surface area contributed by atoms with E-state index in [-0.39, 0.29) is 13.6 Å². The molecule has 0 aliphatic carbocycles. The van der Waals surface area contributed by atoms with E-state index >= 15 is 0 Å². The molecule has 0 aromatic carbocycles. The van der Waals surface area contributed by atoms with Crippen LogP contribution in [-0.2, 0) is 9.39 Å². The summed E-state index contributed by atoms with van der Waals surface area (Å²) < 4.78 is 9.13. The van der Waals surface area contributed by atoms with Crippen LogP contribution in [0.1, 0.15) is 6.92 Å². The number of hydrogen-bond acceptors (Lipinski definition) is 3. The Balaban J connectivity index is 3.06. The van der Waals surface area contributed by atoms with Crippen molar-refractivity contribution in [3.8, 4) is 0 Å². The zero-order chi connectivity index (χ0) is 6.41. The molecule has 1 N–H and O–H groups in total. The molecule has 0 atom stereocenters. The van der Waals surface area contributed by atoms with Crippen molar-refractivity contribution >= 4 is 7.69 Å². The van der Waals surface area contributed by atoms with Crippen molar-refractivity contribution in [2.75, 3.05) is 6.61 Å². The molecule has 0 amide bonds. The molecule has 0 aliphatic rings. The second-order valence-corrected chi connectivity index (χ2v) is 1.08. The SMILES string of the molecule is C=C(OBO)OCC. The van der Waals surface area contributed by atoms with Crippen LogP contribution in [0.4, 0.5) is 0 Å². The van der Waals surface area contributed by atoms with Crippen molar-refractivity contribution in [2.24, 2.45) is 0 Å². The van der Waals surface area contributed by atoms with Crippen LogP contribution in [0.2, 0.25) is 0 Å². The predicted molar refractivity (Wildman–Crippen MR) is 31.2 cm³/mol. The Morgan fingerprint density at radius 3 is 2.88 bits per heavy atom. The summed E-state index contributed by atoms with van der Waals surface area (Å²) in [5.41, 5.74) is 0. The zero-order valence-corrected chi connectivity index (χ0v) is 4.89. The zero-order valence-electron chi connectivity index (χ0n) is 4.89. The number of hydrogen-bond donors (Lipinski definition) is 1. The lowest BCUT2D eigenvalue weighted by Crippen LogP contribution is -1.99. The maximum atomic E-state index is 8.10. The second-order valence-electron chi connectivity index (χ2n) is 1.08. The first kappa shape index (κ1) is 7.36. The monoisotopic (exact) mass is 116 g/mol. The highest BCUT2D eigenvalue weighted by atomic mass is 16.7. The molecule has 0 aromatic rings. The van der Waals surface area contributed by atoms with E-state index in [0.29, 0.717) is 6.61 Å². The molecule has 0 aliphatic heterocycles. The summed E-state index contributed by atoms with van der Waals surface area (Å²) in [7, 11) is -0.376. The molecular weight excluding hydrogens is 107 g/mol. The maximum absolute atomic E-state index is 8.10. The molecule has 0 bridgehead atoms. The van der Waals surface area contributed by atoms with Crippen molar-refractivity contribution in [2.45, 2.75) is 6.92 Å². The molecule has 0 aromatic heterocycles. The van der Waals surface area contributed by atoms with Crippen LogP contribution in [0, 0.1) is 0 Å². The van der Waals surface area contributed by atoms with Gasteiger partial charge in [0.25, 0.3) is 5.95 Å². The van der Waals surface area contributed by atoms with E-state index in [1.54, 1.807) is 0 Å². The highest BCUT2D eigenvalue weighted by molar-refractivity contribution is 6.16. The summed E-state index contributed by atoms with van der Waals surface area (Å²) in [4.78, 5) is 0. The molecule has 0 radical (unpaired) electrons. The summed E-state index contributed by atoms with van der Waals surface area (Å²) in [6, 6.07) is 0. The third-order valence-electron chi connectivity index (χ3n) is 0.531. The maximum Gasteiger partial charge on any atom is 0.506 e.